The third kappa shape index (κ3) is 7.95. The predicted octanol–water partition coefficient (Wildman–Crippen LogP) is 3.12. The molecule has 0 aromatic heterocycles. The Kier molecular flexibility index (Phi) is 8.58. The van der Waals surface area contributed by atoms with Crippen LogP contribution in [-0.4, -0.2) is 25.4 Å². The number of unbranched alkanes of at least 4 members (excludes halogenated alkanes) is 5. The average Bonchev–Trinajstić information content (AvgIpc) is 2.52. The molecule has 0 saturated heterocycles. The van der Waals surface area contributed by atoms with Crippen molar-refractivity contribution in [2.75, 3.05) is 6.54 Å². The van der Waals surface area contributed by atoms with E-state index in [-0.39, 0.29) is 10.8 Å². The fourth-order valence-electron chi connectivity index (χ4n) is 2.39. The van der Waals surface area contributed by atoms with Gasteiger partial charge in [-0.25, -0.2) is 0 Å². The van der Waals surface area contributed by atoms with Crippen LogP contribution in [0.25, 0.3) is 0 Å². The third-order valence-electron chi connectivity index (χ3n) is 3.61. The van der Waals surface area contributed by atoms with E-state index in [1.807, 2.05) is 0 Å². The number of aryl methyl sites for hydroxylation is 1. The van der Waals surface area contributed by atoms with E-state index >= 15 is 0 Å². The Balaban J connectivity index is 2.17. The van der Waals surface area contributed by atoms with Crippen LogP contribution in [0.3, 0.4) is 0 Å². The molecule has 0 unspecified atom stereocenters. The predicted molar refractivity (Wildman–Crippen MR) is 90.9 cm³/mol. The minimum atomic E-state index is -4.14. The molecule has 0 aliphatic carbocycles. The van der Waals surface area contributed by atoms with Crippen LogP contribution in [0.2, 0.25) is 0 Å². The molecule has 0 fully saturated rings. The summed E-state index contributed by atoms with van der Waals surface area (Å²) in [5.74, 6) is -0.137. The zero-order chi connectivity index (χ0) is 17.1. The van der Waals surface area contributed by atoms with Crippen molar-refractivity contribution in [2.24, 2.45) is 0 Å². The molecule has 0 atom stereocenters. The van der Waals surface area contributed by atoms with Crippen LogP contribution in [0.4, 0.5) is 0 Å². The molecule has 0 bridgehead atoms. The summed E-state index contributed by atoms with van der Waals surface area (Å²) in [6.07, 6.45) is 7.98. The second-order valence-electron chi connectivity index (χ2n) is 5.45. The first-order valence-electron chi connectivity index (χ1n) is 7.91. The van der Waals surface area contributed by atoms with Crippen molar-refractivity contribution in [3.63, 3.8) is 0 Å². The number of benzene rings is 1. The summed E-state index contributed by atoms with van der Waals surface area (Å²) in [5.41, 5.74) is 0.669. The van der Waals surface area contributed by atoms with Gasteiger partial charge in [0.15, 0.2) is 0 Å². The van der Waals surface area contributed by atoms with Gasteiger partial charge in [-0.15, -0.1) is 0 Å². The van der Waals surface area contributed by atoms with Crippen molar-refractivity contribution in [2.45, 2.75) is 49.8 Å². The molecule has 2 N–H and O–H groups in total. The SMILES string of the molecule is C=CC(=O)NCCCCCCCCc1ccccc1S(=O)(=O)O. The van der Waals surface area contributed by atoms with E-state index in [1.165, 1.54) is 12.1 Å². The highest BCUT2D eigenvalue weighted by atomic mass is 32.2. The fraction of sp³-hybridized carbons (Fsp3) is 0.471. The minimum absolute atomic E-state index is 0.0120. The van der Waals surface area contributed by atoms with E-state index in [9.17, 15) is 17.8 Å². The molecule has 5 nitrogen and oxygen atoms in total. The van der Waals surface area contributed by atoms with Crippen molar-refractivity contribution in [3.05, 3.63) is 42.5 Å². The second-order valence-corrected chi connectivity index (χ2v) is 6.84. The molecule has 0 saturated carbocycles. The van der Waals surface area contributed by atoms with Gasteiger partial charge in [-0.3, -0.25) is 9.35 Å². The lowest BCUT2D eigenvalue weighted by molar-refractivity contribution is -0.116. The molecule has 1 aromatic carbocycles. The first-order chi connectivity index (χ1) is 10.9. The van der Waals surface area contributed by atoms with Crippen LogP contribution in [0.15, 0.2) is 41.8 Å². The average molecular weight is 339 g/mol. The molecular weight excluding hydrogens is 314 g/mol. The van der Waals surface area contributed by atoms with Crippen molar-refractivity contribution < 1.29 is 17.8 Å². The van der Waals surface area contributed by atoms with Gasteiger partial charge in [0.25, 0.3) is 10.1 Å². The van der Waals surface area contributed by atoms with E-state index < -0.39 is 10.1 Å². The van der Waals surface area contributed by atoms with Crippen molar-refractivity contribution >= 4 is 16.0 Å². The maximum atomic E-state index is 11.3. The molecular formula is C17H25NO4S. The molecule has 1 aromatic rings. The van der Waals surface area contributed by atoms with Gasteiger partial charge < -0.3 is 5.32 Å². The topological polar surface area (TPSA) is 83.5 Å². The Morgan fingerprint density at radius 3 is 2.35 bits per heavy atom. The highest BCUT2D eigenvalue weighted by Crippen LogP contribution is 2.18. The standard InChI is InChI=1S/C17H25NO4S/c1-2-17(19)18-14-10-6-4-3-5-7-11-15-12-8-9-13-16(15)23(20,21)22/h2,8-9,12-13H,1,3-7,10-11,14H2,(H,18,19)(H,20,21,22). The lowest BCUT2D eigenvalue weighted by Crippen LogP contribution is -2.21. The van der Waals surface area contributed by atoms with Crippen LogP contribution in [0.5, 0.6) is 0 Å². The van der Waals surface area contributed by atoms with Crippen LogP contribution < -0.4 is 5.32 Å². The maximum absolute atomic E-state index is 11.3. The van der Waals surface area contributed by atoms with E-state index in [2.05, 4.69) is 11.9 Å². The molecule has 0 heterocycles. The lowest BCUT2D eigenvalue weighted by Gasteiger charge is -2.07. The summed E-state index contributed by atoms with van der Waals surface area (Å²) in [7, 11) is -4.14. The third-order valence-corrected chi connectivity index (χ3v) is 4.56. The Hall–Kier alpha value is -1.66. The van der Waals surface area contributed by atoms with Gasteiger partial charge >= 0.3 is 0 Å². The Labute approximate surface area is 138 Å². The molecule has 0 spiro atoms. The Bertz CT molecular complexity index is 611. The fourth-order valence-corrected chi connectivity index (χ4v) is 3.15. The Morgan fingerprint density at radius 2 is 1.70 bits per heavy atom. The van der Waals surface area contributed by atoms with Gasteiger partial charge in [-0.2, -0.15) is 8.42 Å². The van der Waals surface area contributed by atoms with Gasteiger partial charge in [0.1, 0.15) is 0 Å². The summed E-state index contributed by atoms with van der Waals surface area (Å²) in [6.45, 7) is 4.06. The van der Waals surface area contributed by atoms with Gasteiger partial charge in [0.2, 0.25) is 5.91 Å². The molecule has 1 amide bonds. The van der Waals surface area contributed by atoms with Crippen LogP contribution in [-0.2, 0) is 21.3 Å². The normalized spacial score (nSPS) is 11.2. The number of rotatable bonds is 11. The first-order valence-corrected chi connectivity index (χ1v) is 9.35. The van der Waals surface area contributed by atoms with Crippen LogP contribution >= 0.6 is 0 Å². The zero-order valence-corrected chi connectivity index (χ0v) is 14.1. The summed E-state index contributed by atoms with van der Waals surface area (Å²) in [6, 6.07) is 6.56. The summed E-state index contributed by atoms with van der Waals surface area (Å²) < 4.78 is 31.7. The summed E-state index contributed by atoms with van der Waals surface area (Å²) in [5, 5.41) is 2.74. The number of hydrogen-bond donors (Lipinski definition) is 2. The van der Waals surface area contributed by atoms with Crippen molar-refractivity contribution in [3.8, 4) is 0 Å². The van der Waals surface area contributed by atoms with Crippen molar-refractivity contribution in [1.82, 2.24) is 5.32 Å². The number of carbonyl (C=O) groups excluding carboxylic acids is 1. The smallest absolute Gasteiger partial charge is 0.294 e. The maximum Gasteiger partial charge on any atom is 0.294 e. The molecule has 0 aliphatic heterocycles. The largest absolute Gasteiger partial charge is 0.353 e. The lowest BCUT2D eigenvalue weighted by atomic mass is 10.0. The zero-order valence-electron chi connectivity index (χ0n) is 13.3. The highest BCUT2D eigenvalue weighted by molar-refractivity contribution is 7.85. The van der Waals surface area contributed by atoms with Gasteiger partial charge in [0.05, 0.1) is 4.90 Å². The minimum Gasteiger partial charge on any atom is -0.353 e. The highest BCUT2D eigenvalue weighted by Gasteiger charge is 2.13. The molecule has 1 rings (SSSR count). The Morgan fingerprint density at radius 1 is 1.09 bits per heavy atom. The summed E-state index contributed by atoms with van der Waals surface area (Å²) >= 11 is 0. The number of carbonyl (C=O) groups is 1. The van der Waals surface area contributed by atoms with Gasteiger partial charge in [0, 0.05) is 6.54 Å². The van der Waals surface area contributed by atoms with E-state index in [0.29, 0.717) is 18.5 Å². The van der Waals surface area contributed by atoms with E-state index in [1.54, 1.807) is 18.2 Å². The first kappa shape index (κ1) is 19.4. The second kappa shape index (κ2) is 10.2. The van der Waals surface area contributed by atoms with E-state index in [4.69, 9.17) is 0 Å². The molecule has 128 valence electrons. The quantitative estimate of drug-likeness (QED) is 0.369. The van der Waals surface area contributed by atoms with Gasteiger partial charge in [-0.05, 0) is 37.0 Å². The molecule has 0 radical (unpaired) electrons. The van der Waals surface area contributed by atoms with Crippen molar-refractivity contribution in [1.29, 1.82) is 0 Å². The molecule has 23 heavy (non-hydrogen) atoms. The molecule has 0 aliphatic rings. The van der Waals surface area contributed by atoms with Crippen LogP contribution in [0.1, 0.15) is 44.1 Å². The van der Waals surface area contributed by atoms with Gasteiger partial charge in [-0.1, -0.05) is 50.5 Å². The monoisotopic (exact) mass is 339 g/mol. The van der Waals surface area contributed by atoms with Crippen LogP contribution in [0, 0.1) is 0 Å². The van der Waals surface area contributed by atoms with E-state index in [0.717, 1.165) is 38.5 Å². The molecule has 6 heteroatoms. The number of nitrogens with one attached hydrogen (secondary N) is 1. The summed E-state index contributed by atoms with van der Waals surface area (Å²) in [4.78, 5) is 10.9. The number of amides is 1. The number of hydrogen-bond acceptors (Lipinski definition) is 3.